The van der Waals surface area contributed by atoms with Crippen LogP contribution in [0, 0.1) is 5.41 Å². The van der Waals surface area contributed by atoms with E-state index in [4.69, 9.17) is 0 Å². The van der Waals surface area contributed by atoms with Gasteiger partial charge in [0.2, 0.25) is 0 Å². The van der Waals surface area contributed by atoms with Gasteiger partial charge in [0, 0.05) is 11.6 Å². The Bertz CT molecular complexity index is 810. The van der Waals surface area contributed by atoms with Gasteiger partial charge in [-0.25, -0.2) is 8.42 Å². The second-order valence-electron chi connectivity index (χ2n) is 5.59. The Balaban J connectivity index is 2.06. The fourth-order valence-corrected chi connectivity index (χ4v) is 5.03. The molecule has 110 valence electrons. The van der Waals surface area contributed by atoms with Crippen LogP contribution in [0.1, 0.15) is 12.0 Å². The number of sulfone groups is 1. The predicted molar refractivity (Wildman–Crippen MR) is 78.8 cm³/mol. The summed E-state index contributed by atoms with van der Waals surface area (Å²) in [5, 5.41) is 10.4. The highest BCUT2D eigenvalue weighted by atomic mass is 32.2. The summed E-state index contributed by atoms with van der Waals surface area (Å²) in [7, 11) is -3.27. The van der Waals surface area contributed by atoms with Gasteiger partial charge in [-0.2, -0.15) is 0 Å². The molecular weight excluding hydrogens is 290 g/mol. The maximum absolute atomic E-state index is 11.7. The van der Waals surface area contributed by atoms with Crippen LogP contribution in [0.25, 0.3) is 10.9 Å². The van der Waals surface area contributed by atoms with E-state index in [2.05, 4.69) is 4.98 Å². The highest BCUT2D eigenvalue weighted by Gasteiger charge is 2.48. The van der Waals surface area contributed by atoms with E-state index in [0.717, 1.165) is 16.5 Å². The van der Waals surface area contributed by atoms with Gasteiger partial charge in [0.1, 0.15) is 0 Å². The lowest BCUT2D eigenvalue weighted by molar-refractivity contribution is -0.147. The largest absolute Gasteiger partial charge is 0.481 e. The highest BCUT2D eigenvalue weighted by molar-refractivity contribution is 7.91. The molecule has 1 aromatic heterocycles. The number of rotatable bonds is 3. The normalized spacial score (nSPS) is 24.2. The molecule has 1 aliphatic rings. The summed E-state index contributed by atoms with van der Waals surface area (Å²) >= 11 is 0. The van der Waals surface area contributed by atoms with Crippen LogP contribution < -0.4 is 0 Å². The minimum atomic E-state index is -3.27. The number of fused-ring (bicyclic) bond motifs is 1. The lowest BCUT2D eigenvalue weighted by Crippen LogP contribution is -2.34. The zero-order chi connectivity index (χ0) is 15.1. The maximum atomic E-state index is 11.7. The SMILES string of the molecule is O=C(O)C1(Cc2ccnc3ccccc23)CCS(=O)(=O)C1. The van der Waals surface area contributed by atoms with Crippen LogP contribution in [-0.4, -0.2) is 36.0 Å². The summed E-state index contributed by atoms with van der Waals surface area (Å²) in [6.07, 6.45) is 2.02. The summed E-state index contributed by atoms with van der Waals surface area (Å²) in [6.45, 7) is 0. The molecule has 1 fully saturated rings. The average molecular weight is 305 g/mol. The number of para-hydroxylation sites is 1. The van der Waals surface area contributed by atoms with Crippen molar-refractivity contribution < 1.29 is 18.3 Å². The van der Waals surface area contributed by atoms with Crippen molar-refractivity contribution in [3.05, 3.63) is 42.1 Å². The van der Waals surface area contributed by atoms with Gasteiger partial charge in [-0.05, 0) is 30.5 Å². The molecule has 3 rings (SSSR count). The molecule has 1 atom stereocenters. The van der Waals surface area contributed by atoms with E-state index in [1.54, 1.807) is 12.3 Å². The highest BCUT2D eigenvalue weighted by Crippen LogP contribution is 2.37. The summed E-state index contributed by atoms with van der Waals surface area (Å²) < 4.78 is 23.5. The Morgan fingerprint density at radius 2 is 2.05 bits per heavy atom. The number of carboxylic acid groups (broad SMARTS) is 1. The van der Waals surface area contributed by atoms with Crippen molar-refractivity contribution in [1.29, 1.82) is 0 Å². The van der Waals surface area contributed by atoms with Crippen molar-refractivity contribution >= 4 is 26.7 Å². The molecule has 6 heteroatoms. The number of aliphatic carboxylic acids is 1. The molecule has 1 aliphatic heterocycles. The minimum Gasteiger partial charge on any atom is -0.481 e. The van der Waals surface area contributed by atoms with Crippen LogP contribution in [0.5, 0.6) is 0 Å². The lowest BCUT2D eigenvalue weighted by Gasteiger charge is -2.23. The first-order chi connectivity index (χ1) is 9.92. The molecule has 5 nitrogen and oxygen atoms in total. The smallest absolute Gasteiger partial charge is 0.311 e. The molecule has 21 heavy (non-hydrogen) atoms. The van der Waals surface area contributed by atoms with Gasteiger partial charge in [0.05, 0.1) is 22.4 Å². The first-order valence-corrected chi connectivity index (χ1v) is 8.51. The van der Waals surface area contributed by atoms with Gasteiger partial charge < -0.3 is 5.11 Å². The van der Waals surface area contributed by atoms with Crippen LogP contribution in [0.3, 0.4) is 0 Å². The van der Waals surface area contributed by atoms with E-state index < -0.39 is 21.2 Å². The fourth-order valence-electron chi connectivity index (χ4n) is 2.97. The molecule has 0 spiro atoms. The zero-order valence-corrected chi connectivity index (χ0v) is 12.1. The Kier molecular flexibility index (Phi) is 3.20. The zero-order valence-electron chi connectivity index (χ0n) is 11.3. The number of hydrogen-bond donors (Lipinski definition) is 1. The Hall–Kier alpha value is -1.95. The molecule has 0 aliphatic carbocycles. The van der Waals surface area contributed by atoms with Crippen LogP contribution in [0.4, 0.5) is 0 Å². The first kappa shape index (κ1) is 14.0. The van der Waals surface area contributed by atoms with E-state index in [1.807, 2.05) is 24.3 Å². The quantitative estimate of drug-likeness (QED) is 0.932. The van der Waals surface area contributed by atoms with Gasteiger partial charge >= 0.3 is 5.97 Å². The van der Waals surface area contributed by atoms with Gasteiger partial charge in [0.15, 0.2) is 9.84 Å². The van der Waals surface area contributed by atoms with E-state index in [1.165, 1.54) is 0 Å². The molecule has 0 bridgehead atoms. The molecular formula is C15H15NO4S. The Labute approximate surface area is 122 Å². The average Bonchev–Trinajstić information content (AvgIpc) is 2.76. The third kappa shape index (κ3) is 2.51. The van der Waals surface area contributed by atoms with Gasteiger partial charge in [-0.1, -0.05) is 18.2 Å². The van der Waals surface area contributed by atoms with Gasteiger partial charge in [0.25, 0.3) is 0 Å². The van der Waals surface area contributed by atoms with Crippen molar-refractivity contribution in [2.24, 2.45) is 5.41 Å². The van der Waals surface area contributed by atoms with Crippen molar-refractivity contribution in [1.82, 2.24) is 4.98 Å². The molecule has 0 saturated carbocycles. The van der Waals surface area contributed by atoms with Crippen LogP contribution in [0.15, 0.2) is 36.5 Å². The van der Waals surface area contributed by atoms with Crippen molar-refractivity contribution in [3.8, 4) is 0 Å². The van der Waals surface area contributed by atoms with Crippen LogP contribution in [-0.2, 0) is 21.1 Å². The molecule has 2 aromatic rings. The fraction of sp³-hybridized carbons (Fsp3) is 0.333. The lowest BCUT2D eigenvalue weighted by atomic mass is 9.80. The van der Waals surface area contributed by atoms with Crippen LogP contribution >= 0.6 is 0 Å². The summed E-state index contributed by atoms with van der Waals surface area (Å²) in [4.78, 5) is 15.9. The van der Waals surface area contributed by atoms with Crippen molar-refractivity contribution in [2.45, 2.75) is 12.8 Å². The van der Waals surface area contributed by atoms with E-state index in [9.17, 15) is 18.3 Å². The predicted octanol–water partition coefficient (Wildman–Crippen LogP) is 1.67. The molecule has 0 amide bonds. The van der Waals surface area contributed by atoms with Crippen molar-refractivity contribution in [3.63, 3.8) is 0 Å². The monoisotopic (exact) mass is 305 g/mol. The molecule has 1 unspecified atom stereocenters. The third-order valence-corrected chi connectivity index (χ3v) is 5.93. The topological polar surface area (TPSA) is 84.3 Å². The summed E-state index contributed by atoms with van der Waals surface area (Å²) in [5.74, 6) is -1.38. The standard InChI is InChI=1S/C15H15NO4S/c17-14(18)15(6-8-21(19,20)10-15)9-11-5-7-16-13-4-2-1-3-12(11)13/h1-5,7H,6,8-10H2,(H,17,18). The van der Waals surface area contributed by atoms with Gasteiger partial charge in [-0.3, -0.25) is 9.78 Å². The van der Waals surface area contributed by atoms with Gasteiger partial charge in [-0.15, -0.1) is 0 Å². The maximum Gasteiger partial charge on any atom is 0.311 e. The van der Waals surface area contributed by atoms with Crippen LogP contribution in [0.2, 0.25) is 0 Å². The third-order valence-electron chi connectivity index (χ3n) is 4.11. The number of carboxylic acids is 1. The number of benzene rings is 1. The number of carbonyl (C=O) groups is 1. The van der Waals surface area contributed by atoms with E-state index >= 15 is 0 Å². The molecule has 1 aromatic carbocycles. The molecule has 2 heterocycles. The second-order valence-corrected chi connectivity index (χ2v) is 7.78. The number of aromatic nitrogens is 1. The number of pyridine rings is 1. The Morgan fingerprint density at radius 1 is 1.29 bits per heavy atom. The van der Waals surface area contributed by atoms with Crippen molar-refractivity contribution in [2.75, 3.05) is 11.5 Å². The summed E-state index contributed by atoms with van der Waals surface area (Å²) in [5.41, 5.74) is 0.402. The van der Waals surface area contributed by atoms with E-state index in [0.29, 0.717) is 0 Å². The Morgan fingerprint density at radius 3 is 2.71 bits per heavy atom. The summed E-state index contributed by atoms with van der Waals surface area (Å²) in [6, 6.07) is 9.25. The minimum absolute atomic E-state index is 0.0533. The number of nitrogens with zero attached hydrogens (tertiary/aromatic N) is 1. The molecule has 1 N–H and O–H groups in total. The number of hydrogen-bond acceptors (Lipinski definition) is 4. The molecule has 0 radical (unpaired) electrons. The van der Waals surface area contributed by atoms with E-state index in [-0.39, 0.29) is 24.3 Å². The first-order valence-electron chi connectivity index (χ1n) is 6.68. The molecule has 1 saturated heterocycles. The second kappa shape index (κ2) is 4.80.